The summed E-state index contributed by atoms with van der Waals surface area (Å²) in [6, 6.07) is 9.66. The lowest BCUT2D eigenvalue weighted by atomic mass is 10.1. The van der Waals surface area contributed by atoms with Crippen molar-refractivity contribution in [2.75, 3.05) is 6.61 Å². The van der Waals surface area contributed by atoms with E-state index in [2.05, 4.69) is 24.0 Å². The van der Waals surface area contributed by atoms with Gasteiger partial charge in [0.05, 0.1) is 12.3 Å². The molecule has 0 aliphatic heterocycles. The van der Waals surface area contributed by atoms with Crippen LogP contribution >= 0.6 is 0 Å². The Kier molecular flexibility index (Phi) is 5.91. The number of aromatic amines is 1. The van der Waals surface area contributed by atoms with Crippen molar-refractivity contribution in [3.05, 3.63) is 57.0 Å². The lowest BCUT2D eigenvalue weighted by Gasteiger charge is -2.08. The van der Waals surface area contributed by atoms with Gasteiger partial charge in [0.2, 0.25) is 0 Å². The Hall–Kier alpha value is -2.87. The molecule has 2 aromatic rings. The molecule has 0 bridgehead atoms. The first-order valence-corrected chi connectivity index (χ1v) is 7.91. The fourth-order valence-electron chi connectivity index (χ4n) is 2.11. The second-order valence-corrected chi connectivity index (χ2v) is 5.98. The number of benzene rings is 1. The molecule has 2 rings (SSSR count). The number of rotatable bonds is 6. The van der Waals surface area contributed by atoms with Gasteiger partial charge in [-0.3, -0.25) is 4.79 Å². The van der Waals surface area contributed by atoms with Gasteiger partial charge in [-0.15, -0.1) is 0 Å². The minimum Gasteiger partial charge on any atom is -0.494 e. The van der Waals surface area contributed by atoms with Gasteiger partial charge in [0.1, 0.15) is 17.4 Å². The lowest BCUT2D eigenvalue weighted by Crippen LogP contribution is -2.15. The predicted octanol–water partition coefficient (Wildman–Crippen LogP) is 3.55. The third-order valence-corrected chi connectivity index (χ3v) is 3.65. The van der Waals surface area contributed by atoms with E-state index in [0.717, 1.165) is 17.7 Å². The maximum Gasteiger partial charge on any atom is 0.282 e. The van der Waals surface area contributed by atoms with Crippen LogP contribution in [0.25, 0.3) is 12.2 Å². The molecule has 24 heavy (non-hydrogen) atoms. The molecule has 5 nitrogen and oxygen atoms in total. The van der Waals surface area contributed by atoms with Crippen molar-refractivity contribution in [1.29, 1.82) is 5.26 Å². The first-order chi connectivity index (χ1) is 11.5. The first-order valence-electron chi connectivity index (χ1n) is 7.91. The molecule has 0 saturated carbocycles. The molecule has 1 N–H and O–H groups in total. The average Bonchev–Trinajstić information content (AvgIpc) is 2.55. The maximum atomic E-state index is 11.5. The molecule has 124 valence electrons. The number of ether oxygens (including phenoxy) is 1. The second-order valence-electron chi connectivity index (χ2n) is 5.98. The number of nitrogens with zero attached hydrogens (tertiary/aromatic N) is 2. The fourth-order valence-corrected chi connectivity index (χ4v) is 2.11. The molecule has 0 spiro atoms. The van der Waals surface area contributed by atoms with Crippen LogP contribution in [0, 0.1) is 24.2 Å². The zero-order chi connectivity index (χ0) is 17.5. The van der Waals surface area contributed by atoms with Gasteiger partial charge >= 0.3 is 0 Å². The third-order valence-electron chi connectivity index (χ3n) is 3.65. The summed E-state index contributed by atoms with van der Waals surface area (Å²) in [5, 5.41) is 15.3. The Balaban J connectivity index is 2.08. The van der Waals surface area contributed by atoms with Gasteiger partial charge in [-0.2, -0.15) is 10.4 Å². The van der Waals surface area contributed by atoms with Crippen LogP contribution in [0.15, 0.2) is 29.1 Å². The van der Waals surface area contributed by atoms with E-state index in [1.54, 1.807) is 13.0 Å². The molecule has 5 heteroatoms. The van der Waals surface area contributed by atoms with Crippen LogP contribution in [0.1, 0.15) is 42.7 Å². The van der Waals surface area contributed by atoms with Gasteiger partial charge in [-0.1, -0.05) is 32.1 Å². The zero-order valence-electron chi connectivity index (χ0n) is 14.2. The highest BCUT2D eigenvalue weighted by Crippen LogP contribution is 2.16. The van der Waals surface area contributed by atoms with E-state index < -0.39 is 5.56 Å². The minimum absolute atomic E-state index is 0.0959. The molecule has 0 saturated heterocycles. The summed E-state index contributed by atoms with van der Waals surface area (Å²) in [4.78, 5) is 11.5. The van der Waals surface area contributed by atoms with Crippen molar-refractivity contribution in [1.82, 2.24) is 10.2 Å². The summed E-state index contributed by atoms with van der Waals surface area (Å²) >= 11 is 0. The quantitative estimate of drug-likeness (QED) is 0.882. The Morgan fingerprint density at radius 3 is 2.62 bits per heavy atom. The van der Waals surface area contributed by atoms with E-state index in [1.165, 1.54) is 0 Å². The Morgan fingerprint density at radius 2 is 2.00 bits per heavy atom. The van der Waals surface area contributed by atoms with E-state index in [9.17, 15) is 4.79 Å². The molecule has 0 unspecified atom stereocenters. The number of aromatic nitrogens is 2. The Morgan fingerprint density at radius 1 is 1.29 bits per heavy atom. The van der Waals surface area contributed by atoms with Crippen LogP contribution in [0.2, 0.25) is 0 Å². The molecule has 0 amide bonds. The highest BCUT2D eigenvalue weighted by atomic mass is 16.5. The summed E-state index contributed by atoms with van der Waals surface area (Å²) in [5.74, 6) is 1.47. The summed E-state index contributed by atoms with van der Waals surface area (Å²) in [7, 11) is 0. The molecule has 0 atom stereocenters. The normalized spacial score (nSPS) is 11.0. The summed E-state index contributed by atoms with van der Waals surface area (Å²) in [6.45, 7) is 6.76. The van der Waals surface area contributed by atoms with E-state index in [4.69, 9.17) is 10.00 Å². The number of hydrogen-bond acceptors (Lipinski definition) is 4. The van der Waals surface area contributed by atoms with E-state index in [-0.39, 0.29) is 5.56 Å². The molecule has 0 aliphatic carbocycles. The van der Waals surface area contributed by atoms with Crippen molar-refractivity contribution in [2.45, 2.75) is 27.2 Å². The smallest absolute Gasteiger partial charge is 0.282 e. The lowest BCUT2D eigenvalue weighted by molar-refractivity contribution is 0.289. The summed E-state index contributed by atoms with van der Waals surface area (Å²) in [5.41, 5.74) is 1.76. The van der Waals surface area contributed by atoms with Crippen molar-refractivity contribution in [3.8, 4) is 11.8 Å². The molecule has 0 fully saturated rings. The molecule has 1 heterocycles. The predicted molar refractivity (Wildman–Crippen MR) is 94.6 cm³/mol. The Bertz CT molecular complexity index is 812. The van der Waals surface area contributed by atoms with Crippen molar-refractivity contribution < 1.29 is 4.74 Å². The zero-order valence-corrected chi connectivity index (χ0v) is 14.2. The van der Waals surface area contributed by atoms with Crippen LogP contribution in [-0.4, -0.2) is 16.8 Å². The monoisotopic (exact) mass is 323 g/mol. The largest absolute Gasteiger partial charge is 0.494 e. The van der Waals surface area contributed by atoms with Crippen LogP contribution in [0.4, 0.5) is 0 Å². The summed E-state index contributed by atoms with van der Waals surface area (Å²) in [6.07, 6.45) is 4.69. The van der Waals surface area contributed by atoms with Gasteiger partial charge in [0, 0.05) is 0 Å². The molecule has 1 aromatic carbocycles. The highest BCUT2D eigenvalue weighted by molar-refractivity contribution is 5.70. The average molecular weight is 323 g/mol. The molecular formula is C19H21N3O2. The van der Waals surface area contributed by atoms with E-state index in [1.807, 2.05) is 36.4 Å². The van der Waals surface area contributed by atoms with Gasteiger partial charge in [-0.25, -0.2) is 5.10 Å². The first kappa shape index (κ1) is 17.5. The molecule has 0 radical (unpaired) electrons. The van der Waals surface area contributed by atoms with Crippen molar-refractivity contribution in [3.63, 3.8) is 0 Å². The van der Waals surface area contributed by atoms with Crippen LogP contribution in [0.5, 0.6) is 5.75 Å². The van der Waals surface area contributed by atoms with Crippen LogP contribution in [0.3, 0.4) is 0 Å². The van der Waals surface area contributed by atoms with Gasteiger partial charge in [-0.05, 0) is 48.6 Å². The SMILES string of the molecule is Cc1c(/C=C/c2ccc(OCCC(C)C)cc2)n[nH]c(=O)c1C#N. The van der Waals surface area contributed by atoms with Crippen molar-refractivity contribution in [2.24, 2.45) is 5.92 Å². The van der Waals surface area contributed by atoms with Gasteiger partial charge in [0.25, 0.3) is 5.56 Å². The van der Waals surface area contributed by atoms with E-state index >= 15 is 0 Å². The second kappa shape index (κ2) is 8.11. The van der Waals surface area contributed by atoms with Crippen LogP contribution in [-0.2, 0) is 0 Å². The topological polar surface area (TPSA) is 78.8 Å². The maximum absolute atomic E-state index is 11.5. The number of hydrogen-bond donors (Lipinski definition) is 1. The van der Waals surface area contributed by atoms with E-state index in [0.29, 0.717) is 23.8 Å². The highest BCUT2D eigenvalue weighted by Gasteiger charge is 2.07. The fraction of sp³-hybridized carbons (Fsp3) is 0.316. The van der Waals surface area contributed by atoms with Crippen LogP contribution < -0.4 is 10.3 Å². The number of H-pyrrole nitrogens is 1. The van der Waals surface area contributed by atoms with Gasteiger partial charge < -0.3 is 4.74 Å². The Labute approximate surface area is 141 Å². The van der Waals surface area contributed by atoms with Crippen molar-refractivity contribution >= 4 is 12.2 Å². The molecule has 1 aromatic heterocycles. The summed E-state index contributed by atoms with van der Waals surface area (Å²) < 4.78 is 5.68. The third kappa shape index (κ3) is 4.56. The standard InChI is InChI=1S/C19H21N3O2/c1-13(2)10-11-24-16-7-4-15(5-8-16)6-9-18-14(3)17(12-20)19(23)22-21-18/h4-9,13H,10-11H2,1-3H3,(H,22,23)/b9-6+. The number of nitrogens with one attached hydrogen (secondary N) is 1. The minimum atomic E-state index is -0.463. The molecule has 0 aliphatic rings. The van der Waals surface area contributed by atoms with Gasteiger partial charge in [0.15, 0.2) is 0 Å². The molecular weight excluding hydrogens is 302 g/mol. The number of nitriles is 1.